The van der Waals surface area contributed by atoms with Crippen LogP contribution in [0.25, 0.3) is 0 Å². The first kappa shape index (κ1) is 12.8. The number of hydrogen-bond donors (Lipinski definition) is 1. The zero-order chi connectivity index (χ0) is 12.3. The maximum atomic E-state index is 6.04. The van der Waals surface area contributed by atoms with E-state index < -0.39 is 0 Å². The fourth-order valence-electron chi connectivity index (χ4n) is 2.49. The van der Waals surface area contributed by atoms with Crippen LogP contribution >= 0.6 is 11.8 Å². The molecule has 0 unspecified atom stereocenters. The lowest BCUT2D eigenvalue weighted by atomic mass is 10.0. The van der Waals surface area contributed by atoms with E-state index in [1.807, 2.05) is 11.8 Å². The molecule has 1 atom stereocenters. The van der Waals surface area contributed by atoms with Gasteiger partial charge in [-0.1, -0.05) is 18.2 Å². The molecule has 1 aliphatic rings. The Morgan fingerprint density at radius 2 is 1.94 bits per heavy atom. The van der Waals surface area contributed by atoms with Gasteiger partial charge in [0.15, 0.2) is 0 Å². The van der Waals surface area contributed by atoms with Crippen molar-refractivity contribution in [3.05, 3.63) is 29.8 Å². The molecular weight excluding hydrogens is 228 g/mol. The third-order valence-electron chi connectivity index (χ3n) is 3.54. The van der Waals surface area contributed by atoms with Crippen LogP contribution in [0.15, 0.2) is 24.3 Å². The topological polar surface area (TPSA) is 29.3 Å². The average Bonchev–Trinajstić information content (AvgIpc) is 2.39. The molecule has 94 valence electrons. The summed E-state index contributed by atoms with van der Waals surface area (Å²) in [6.45, 7) is 4.39. The Labute approximate surface area is 109 Å². The van der Waals surface area contributed by atoms with E-state index in [1.54, 1.807) is 0 Å². The predicted octanol–water partition coefficient (Wildman–Crippen LogP) is 3.04. The van der Waals surface area contributed by atoms with Crippen molar-refractivity contribution in [2.75, 3.05) is 24.2 Å². The number of piperidine rings is 1. The molecule has 0 aromatic heterocycles. The first-order valence-corrected chi connectivity index (χ1v) is 7.63. The Morgan fingerprint density at radius 3 is 2.53 bits per heavy atom. The lowest BCUT2D eigenvalue weighted by molar-refractivity contribution is 0.588. The average molecular weight is 250 g/mol. The van der Waals surface area contributed by atoms with Gasteiger partial charge in [0.2, 0.25) is 0 Å². The van der Waals surface area contributed by atoms with Crippen LogP contribution in [0.1, 0.15) is 31.4 Å². The van der Waals surface area contributed by atoms with E-state index in [2.05, 4.69) is 42.3 Å². The first-order valence-electron chi connectivity index (χ1n) is 6.34. The molecule has 1 aromatic rings. The summed E-state index contributed by atoms with van der Waals surface area (Å²) in [6, 6.07) is 8.67. The summed E-state index contributed by atoms with van der Waals surface area (Å²) in [6.07, 6.45) is 4.79. The van der Waals surface area contributed by atoms with Gasteiger partial charge < -0.3 is 10.6 Å². The number of thioether (sulfide) groups is 1. The molecule has 1 saturated heterocycles. The maximum Gasteiger partial charge on any atom is 0.0414 e. The van der Waals surface area contributed by atoms with Gasteiger partial charge in [-0.25, -0.2) is 0 Å². The molecule has 17 heavy (non-hydrogen) atoms. The third kappa shape index (κ3) is 2.96. The molecule has 0 aliphatic carbocycles. The largest absolute Gasteiger partial charge is 0.371 e. The van der Waals surface area contributed by atoms with Gasteiger partial charge in [-0.3, -0.25) is 0 Å². The SMILES string of the molecule is CSC1CCN(c2ccccc2[C@H](C)N)CC1. The second-order valence-corrected chi connectivity index (χ2v) is 5.91. The van der Waals surface area contributed by atoms with Gasteiger partial charge >= 0.3 is 0 Å². The van der Waals surface area contributed by atoms with Crippen molar-refractivity contribution in [3.63, 3.8) is 0 Å². The van der Waals surface area contributed by atoms with Crippen LogP contribution in [0.2, 0.25) is 0 Å². The summed E-state index contributed by atoms with van der Waals surface area (Å²) < 4.78 is 0. The summed E-state index contributed by atoms with van der Waals surface area (Å²) in [5.74, 6) is 0. The van der Waals surface area contributed by atoms with E-state index in [9.17, 15) is 0 Å². The minimum atomic E-state index is 0.115. The minimum absolute atomic E-state index is 0.115. The van der Waals surface area contributed by atoms with E-state index in [1.165, 1.54) is 24.1 Å². The fourth-order valence-corrected chi connectivity index (χ4v) is 3.18. The normalized spacial score (nSPS) is 19.4. The zero-order valence-corrected chi connectivity index (χ0v) is 11.5. The number of para-hydroxylation sites is 1. The van der Waals surface area contributed by atoms with E-state index in [0.717, 1.165) is 18.3 Å². The first-order chi connectivity index (χ1) is 8.22. The Kier molecular flexibility index (Phi) is 4.35. The molecule has 2 nitrogen and oxygen atoms in total. The standard InChI is InChI=1S/C14H22N2S/c1-11(15)13-5-3-4-6-14(13)16-9-7-12(17-2)8-10-16/h3-6,11-12H,7-10,15H2,1-2H3/t11-/m0/s1. The van der Waals surface area contributed by atoms with Crippen LogP contribution in [0.5, 0.6) is 0 Å². The van der Waals surface area contributed by atoms with Crippen molar-refractivity contribution in [2.45, 2.75) is 31.1 Å². The molecule has 0 amide bonds. The van der Waals surface area contributed by atoms with Crippen molar-refractivity contribution in [1.82, 2.24) is 0 Å². The quantitative estimate of drug-likeness (QED) is 0.894. The third-order valence-corrected chi connectivity index (χ3v) is 4.68. The van der Waals surface area contributed by atoms with Crippen LogP contribution in [-0.2, 0) is 0 Å². The van der Waals surface area contributed by atoms with Gasteiger partial charge in [-0.2, -0.15) is 11.8 Å². The van der Waals surface area contributed by atoms with E-state index in [4.69, 9.17) is 5.73 Å². The molecule has 1 aromatic carbocycles. The van der Waals surface area contributed by atoms with Crippen molar-refractivity contribution in [3.8, 4) is 0 Å². The summed E-state index contributed by atoms with van der Waals surface area (Å²) >= 11 is 2.00. The molecule has 2 N–H and O–H groups in total. The van der Waals surface area contributed by atoms with E-state index in [0.29, 0.717) is 0 Å². The number of nitrogens with two attached hydrogens (primary N) is 1. The van der Waals surface area contributed by atoms with Gasteiger partial charge in [0.25, 0.3) is 0 Å². The smallest absolute Gasteiger partial charge is 0.0414 e. The molecule has 2 rings (SSSR count). The Morgan fingerprint density at radius 1 is 1.29 bits per heavy atom. The molecule has 0 bridgehead atoms. The molecule has 0 spiro atoms. The fraction of sp³-hybridized carbons (Fsp3) is 0.571. The predicted molar refractivity (Wildman–Crippen MR) is 77.8 cm³/mol. The summed E-state index contributed by atoms with van der Waals surface area (Å²) in [4.78, 5) is 2.49. The van der Waals surface area contributed by atoms with E-state index >= 15 is 0 Å². The van der Waals surface area contributed by atoms with Crippen LogP contribution in [-0.4, -0.2) is 24.6 Å². The number of rotatable bonds is 3. The van der Waals surface area contributed by atoms with Crippen LogP contribution in [0, 0.1) is 0 Å². The summed E-state index contributed by atoms with van der Waals surface area (Å²) in [7, 11) is 0. The highest BCUT2D eigenvalue weighted by molar-refractivity contribution is 7.99. The van der Waals surface area contributed by atoms with Gasteiger partial charge in [0.05, 0.1) is 0 Å². The van der Waals surface area contributed by atoms with Gasteiger partial charge in [-0.15, -0.1) is 0 Å². The second kappa shape index (κ2) is 5.78. The lowest BCUT2D eigenvalue weighted by Gasteiger charge is -2.34. The monoisotopic (exact) mass is 250 g/mol. The summed E-state index contributed by atoms with van der Waals surface area (Å²) in [5, 5.41) is 0.841. The zero-order valence-electron chi connectivity index (χ0n) is 10.7. The number of nitrogens with zero attached hydrogens (tertiary/aromatic N) is 1. The van der Waals surface area contributed by atoms with Gasteiger partial charge in [0.1, 0.15) is 0 Å². The van der Waals surface area contributed by atoms with Crippen LogP contribution in [0.3, 0.4) is 0 Å². The van der Waals surface area contributed by atoms with Crippen LogP contribution < -0.4 is 10.6 Å². The molecule has 1 heterocycles. The Hall–Kier alpha value is -0.670. The summed E-state index contributed by atoms with van der Waals surface area (Å²) in [5.41, 5.74) is 8.65. The van der Waals surface area contributed by atoms with Crippen LogP contribution in [0.4, 0.5) is 5.69 Å². The Bertz CT molecular complexity index is 357. The molecule has 0 radical (unpaired) electrons. The number of benzene rings is 1. The Balaban J connectivity index is 2.13. The minimum Gasteiger partial charge on any atom is -0.371 e. The van der Waals surface area contributed by atoms with Crippen molar-refractivity contribution in [1.29, 1.82) is 0 Å². The number of anilines is 1. The van der Waals surface area contributed by atoms with Gasteiger partial charge in [-0.05, 0) is 37.7 Å². The highest BCUT2D eigenvalue weighted by atomic mass is 32.2. The second-order valence-electron chi connectivity index (χ2n) is 4.77. The van der Waals surface area contributed by atoms with Crippen molar-refractivity contribution in [2.24, 2.45) is 5.73 Å². The molecule has 3 heteroatoms. The highest BCUT2D eigenvalue weighted by Crippen LogP contribution is 2.29. The molecule has 1 aliphatic heterocycles. The van der Waals surface area contributed by atoms with Crippen molar-refractivity contribution < 1.29 is 0 Å². The molecule has 0 saturated carbocycles. The number of hydrogen-bond acceptors (Lipinski definition) is 3. The van der Waals surface area contributed by atoms with Crippen molar-refractivity contribution >= 4 is 17.4 Å². The molecule has 1 fully saturated rings. The highest BCUT2D eigenvalue weighted by Gasteiger charge is 2.20. The maximum absolute atomic E-state index is 6.04. The van der Waals surface area contributed by atoms with E-state index in [-0.39, 0.29) is 6.04 Å². The molecular formula is C14H22N2S. The van der Waals surface area contributed by atoms with Gasteiger partial charge in [0, 0.05) is 30.1 Å². The lowest BCUT2D eigenvalue weighted by Crippen LogP contribution is -2.35.